The van der Waals surface area contributed by atoms with Crippen molar-refractivity contribution in [1.82, 2.24) is 9.55 Å². The van der Waals surface area contributed by atoms with Crippen molar-refractivity contribution in [2.45, 2.75) is 19.8 Å². The fourth-order valence-corrected chi connectivity index (χ4v) is 2.67. The molecule has 1 aromatic carbocycles. The summed E-state index contributed by atoms with van der Waals surface area (Å²) in [5.41, 5.74) is 1.45. The number of halogens is 3. The predicted molar refractivity (Wildman–Crippen MR) is 75.0 cm³/mol. The standard InChI is InChI=1S/C12H11Cl2FN2S/c1-6(2)10-5-16-12(18)17(10)11-8(13)3-7(15)4-9(11)14/h3-6H,1-2H3,(H,16,18). The van der Waals surface area contributed by atoms with E-state index >= 15 is 0 Å². The van der Waals surface area contributed by atoms with Gasteiger partial charge in [0.15, 0.2) is 4.77 Å². The van der Waals surface area contributed by atoms with Gasteiger partial charge in [-0.2, -0.15) is 0 Å². The first-order chi connectivity index (χ1) is 8.41. The fourth-order valence-electron chi connectivity index (χ4n) is 1.79. The Morgan fingerprint density at radius 3 is 2.33 bits per heavy atom. The number of nitrogens with zero attached hydrogens (tertiary/aromatic N) is 1. The molecule has 0 unspecified atom stereocenters. The van der Waals surface area contributed by atoms with Crippen LogP contribution >= 0.6 is 35.4 Å². The molecule has 0 bridgehead atoms. The van der Waals surface area contributed by atoms with Gasteiger partial charge in [-0.25, -0.2) is 4.39 Å². The maximum Gasteiger partial charge on any atom is 0.182 e. The number of rotatable bonds is 2. The van der Waals surface area contributed by atoms with Crippen molar-refractivity contribution < 1.29 is 4.39 Å². The highest BCUT2D eigenvalue weighted by Gasteiger charge is 2.16. The zero-order valence-electron chi connectivity index (χ0n) is 9.80. The van der Waals surface area contributed by atoms with E-state index in [1.165, 1.54) is 12.1 Å². The Kier molecular flexibility index (Phi) is 3.80. The minimum absolute atomic E-state index is 0.232. The summed E-state index contributed by atoms with van der Waals surface area (Å²) >= 11 is 17.4. The van der Waals surface area contributed by atoms with Crippen LogP contribution in [0.15, 0.2) is 18.3 Å². The van der Waals surface area contributed by atoms with Crippen molar-refractivity contribution in [2.24, 2.45) is 0 Å². The number of nitrogens with one attached hydrogen (secondary N) is 1. The number of hydrogen-bond acceptors (Lipinski definition) is 1. The van der Waals surface area contributed by atoms with Gasteiger partial charge in [0.2, 0.25) is 0 Å². The molecule has 0 saturated heterocycles. The number of imidazole rings is 1. The molecule has 0 aliphatic rings. The van der Waals surface area contributed by atoms with Gasteiger partial charge in [0.25, 0.3) is 0 Å². The molecule has 6 heteroatoms. The van der Waals surface area contributed by atoms with E-state index in [1.807, 2.05) is 20.0 Å². The molecule has 0 aliphatic heterocycles. The van der Waals surface area contributed by atoms with Crippen molar-refractivity contribution in [3.8, 4) is 5.69 Å². The van der Waals surface area contributed by atoms with Gasteiger partial charge in [0.05, 0.1) is 15.7 Å². The van der Waals surface area contributed by atoms with E-state index in [-0.39, 0.29) is 16.0 Å². The molecule has 2 nitrogen and oxygen atoms in total. The second-order valence-electron chi connectivity index (χ2n) is 4.23. The fraction of sp³-hybridized carbons (Fsp3) is 0.250. The molecule has 2 aromatic rings. The van der Waals surface area contributed by atoms with Crippen LogP contribution in [-0.4, -0.2) is 9.55 Å². The highest BCUT2D eigenvalue weighted by molar-refractivity contribution is 7.71. The lowest BCUT2D eigenvalue weighted by Crippen LogP contribution is -2.04. The molecule has 0 aliphatic carbocycles. The molecule has 0 radical (unpaired) electrons. The average Bonchev–Trinajstić information content (AvgIpc) is 2.59. The quantitative estimate of drug-likeness (QED) is 0.765. The lowest BCUT2D eigenvalue weighted by molar-refractivity contribution is 0.627. The van der Waals surface area contributed by atoms with E-state index in [2.05, 4.69) is 4.98 Å². The van der Waals surface area contributed by atoms with Crippen LogP contribution in [0.2, 0.25) is 10.0 Å². The highest BCUT2D eigenvalue weighted by Crippen LogP contribution is 2.32. The number of H-pyrrole nitrogens is 1. The molecule has 0 amide bonds. The Balaban J connectivity index is 2.77. The normalized spacial score (nSPS) is 11.2. The molecule has 1 heterocycles. The Morgan fingerprint density at radius 1 is 1.28 bits per heavy atom. The first kappa shape index (κ1) is 13.6. The van der Waals surface area contributed by atoms with Gasteiger partial charge >= 0.3 is 0 Å². The molecule has 0 atom stereocenters. The van der Waals surface area contributed by atoms with Gasteiger partial charge in [-0.05, 0) is 30.3 Å². The van der Waals surface area contributed by atoms with E-state index < -0.39 is 5.82 Å². The van der Waals surface area contributed by atoms with Crippen LogP contribution < -0.4 is 0 Å². The summed E-state index contributed by atoms with van der Waals surface area (Å²) in [6.07, 6.45) is 1.81. The Hall–Kier alpha value is -0.840. The summed E-state index contributed by atoms with van der Waals surface area (Å²) in [6, 6.07) is 2.45. The largest absolute Gasteiger partial charge is 0.337 e. The summed E-state index contributed by atoms with van der Waals surface area (Å²) in [4.78, 5) is 2.95. The second kappa shape index (κ2) is 5.03. The number of benzene rings is 1. The predicted octanol–water partition coefficient (Wildman–Crippen LogP) is 5.10. The third kappa shape index (κ3) is 2.32. The minimum Gasteiger partial charge on any atom is -0.337 e. The summed E-state index contributed by atoms with van der Waals surface area (Å²) in [7, 11) is 0. The molecule has 18 heavy (non-hydrogen) atoms. The molecule has 1 aromatic heterocycles. The number of aromatic nitrogens is 2. The van der Waals surface area contributed by atoms with Gasteiger partial charge in [0.1, 0.15) is 5.82 Å². The van der Waals surface area contributed by atoms with Crippen LogP contribution in [0.25, 0.3) is 5.69 Å². The second-order valence-corrected chi connectivity index (χ2v) is 5.43. The molecule has 0 spiro atoms. The van der Waals surface area contributed by atoms with Crippen LogP contribution in [-0.2, 0) is 0 Å². The van der Waals surface area contributed by atoms with Gasteiger partial charge in [-0.15, -0.1) is 0 Å². The van der Waals surface area contributed by atoms with E-state index in [4.69, 9.17) is 35.4 Å². The summed E-state index contributed by atoms with van der Waals surface area (Å²) in [5.74, 6) is -0.239. The molecule has 0 fully saturated rings. The molecule has 96 valence electrons. The lowest BCUT2D eigenvalue weighted by Gasteiger charge is -2.14. The van der Waals surface area contributed by atoms with Crippen LogP contribution in [0.3, 0.4) is 0 Å². The molecular weight excluding hydrogens is 294 g/mol. The van der Waals surface area contributed by atoms with Gasteiger partial charge in [-0.3, -0.25) is 4.57 Å². The van der Waals surface area contributed by atoms with E-state index in [0.29, 0.717) is 10.5 Å². The maximum absolute atomic E-state index is 13.2. The van der Waals surface area contributed by atoms with Crippen molar-refractivity contribution in [1.29, 1.82) is 0 Å². The summed E-state index contributed by atoms with van der Waals surface area (Å²) in [6.45, 7) is 4.06. The van der Waals surface area contributed by atoms with Crippen LogP contribution in [0.5, 0.6) is 0 Å². The monoisotopic (exact) mass is 304 g/mol. The summed E-state index contributed by atoms with van der Waals surface area (Å²) < 4.78 is 15.4. The third-order valence-corrected chi connectivity index (χ3v) is 3.48. The highest BCUT2D eigenvalue weighted by atomic mass is 35.5. The molecule has 1 N–H and O–H groups in total. The zero-order valence-corrected chi connectivity index (χ0v) is 12.1. The Labute approximate surface area is 119 Å². The zero-order chi connectivity index (χ0) is 13.4. The third-order valence-electron chi connectivity index (χ3n) is 2.60. The minimum atomic E-state index is -0.470. The molecular formula is C12H11Cl2FN2S. The average molecular weight is 305 g/mol. The van der Waals surface area contributed by atoms with Crippen LogP contribution in [0.4, 0.5) is 4.39 Å². The maximum atomic E-state index is 13.2. The Bertz CT molecular complexity index is 623. The van der Waals surface area contributed by atoms with Crippen molar-refractivity contribution in [3.05, 3.63) is 44.7 Å². The first-order valence-corrected chi connectivity index (χ1v) is 6.53. The van der Waals surface area contributed by atoms with E-state index in [0.717, 1.165) is 5.69 Å². The molecule has 2 rings (SSSR count). The van der Waals surface area contributed by atoms with Crippen LogP contribution in [0, 0.1) is 10.6 Å². The van der Waals surface area contributed by atoms with Crippen molar-refractivity contribution in [2.75, 3.05) is 0 Å². The van der Waals surface area contributed by atoms with Crippen molar-refractivity contribution in [3.63, 3.8) is 0 Å². The lowest BCUT2D eigenvalue weighted by atomic mass is 10.1. The molecule has 0 saturated carbocycles. The van der Waals surface area contributed by atoms with E-state index in [1.54, 1.807) is 4.57 Å². The number of hydrogen-bond donors (Lipinski definition) is 1. The number of aromatic amines is 1. The topological polar surface area (TPSA) is 20.7 Å². The van der Waals surface area contributed by atoms with Gasteiger partial charge in [-0.1, -0.05) is 37.0 Å². The van der Waals surface area contributed by atoms with Crippen molar-refractivity contribution >= 4 is 35.4 Å². The van der Waals surface area contributed by atoms with Gasteiger partial charge < -0.3 is 4.98 Å². The SMILES string of the molecule is CC(C)c1c[nH]c(=S)n1-c1c(Cl)cc(F)cc1Cl. The Morgan fingerprint density at radius 2 is 1.83 bits per heavy atom. The van der Waals surface area contributed by atoms with Gasteiger partial charge in [0, 0.05) is 11.9 Å². The smallest absolute Gasteiger partial charge is 0.182 e. The first-order valence-electron chi connectivity index (χ1n) is 5.37. The summed E-state index contributed by atoms with van der Waals surface area (Å²) in [5, 5.41) is 0.468. The van der Waals surface area contributed by atoms with Crippen LogP contribution in [0.1, 0.15) is 25.5 Å². The van der Waals surface area contributed by atoms with E-state index in [9.17, 15) is 4.39 Å².